The van der Waals surface area contributed by atoms with E-state index in [0.29, 0.717) is 12.4 Å². The Morgan fingerprint density at radius 3 is 3.07 bits per heavy atom. The first kappa shape index (κ1) is 10.3. The molecule has 0 spiro atoms. The van der Waals surface area contributed by atoms with Crippen LogP contribution in [0, 0.1) is 0 Å². The summed E-state index contributed by atoms with van der Waals surface area (Å²) in [5, 5.41) is 19.3. The Kier molecular flexibility index (Phi) is 3.29. The molecule has 7 heteroatoms. The summed E-state index contributed by atoms with van der Waals surface area (Å²) in [5.41, 5.74) is 5.34. The van der Waals surface area contributed by atoms with Crippen molar-refractivity contribution in [1.82, 2.24) is 20.2 Å². The molecular formula is C7H11N5O2. The smallest absolute Gasteiger partial charge is 0.320 e. The van der Waals surface area contributed by atoms with Crippen LogP contribution in [0.3, 0.4) is 0 Å². The molecule has 1 rings (SSSR count). The van der Waals surface area contributed by atoms with E-state index < -0.39 is 12.0 Å². The first-order valence-corrected chi connectivity index (χ1v) is 3.99. The molecule has 0 radical (unpaired) electrons. The van der Waals surface area contributed by atoms with Crippen molar-refractivity contribution in [3.05, 3.63) is 18.5 Å². The van der Waals surface area contributed by atoms with Gasteiger partial charge in [0.25, 0.3) is 0 Å². The number of carboxylic acid groups (broad SMARTS) is 1. The lowest BCUT2D eigenvalue weighted by atomic mass is 10.2. The second-order valence-corrected chi connectivity index (χ2v) is 2.71. The quantitative estimate of drug-likeness (QED) is 0.575. The maximum Gasteiger partial charge on any atom is 0.320 e. The molecule has 0 aliphatic rings. The van der Waals surface area contributed by atoms with Crippen molar-refractivity contribution < 1.29 is 9.90 Å². The van der Waals surface area contributed by atoms with Crippen LogP contribution in [0.5, 0.6) is 0 Å². The number of aliphatic carboxylic acids is 1. The minimum atomic E-state index is -1.07. The van der Waals surface area contributed by atoms with Crippen LogP contribution in [-0.2, 0) is 17.8 Å². The highest BCUT2D eigenvalue weighted by molar-refractivity contribution is 5.73. The topological polar surface area (TPSA) is 107 Å². The zero-order valence-electron chi connectivity index (χ0n) is 7.50. The lowest BCUT2D eigenvalue weighted by Crippen LogP contribution is -2.33. The molecule has 0 aliphatic heterocycles. The van der Waals surface area contributed by atoms with Crippen LogP contribution >= 0.6 is 0 Å². The maximum atomic E-state index is 10.5. The summed E-state index contributed by atoms with van der Waals surface area (Å²) in [6.45, 7) is 3.97. The molecule has 1 aromatic rings. The zero-order valence-corrected chi connectivity index (χ0v) is 7.50. The summed E-state index contributed by atoms with van der Waals surface area (Å²) in [4.78, 5) is 10.5. The largest absolute Gasteiger partial charge is 0.480 e. The second kappa shape index (κ2) is 4.47. The predicted molar refractivity (Wildman–Crippen MR) is 47.3 cm³/mol. The van der Waals surface area contributed by atoms with Gasteiger partial charge in [-0.15, -0.1) is 11.7 Å². The van der Waals surface area contributed by atoms with Gasteiger partial charge in [0.1, 0.15) is 6.04 Å². The van der Waals surface area contributed by atoms with Crippen molar-refractivity contribution in [3.63, 3.8) is 0 Å². The van der Waals surface area contributed by atoms with Gasteiger partial charge in [0, 0.05) is 6.42 Å². The Bertz CT molecular complexity index is 335. The van der Waals surface area contributed by atoms with E-state index >= 15 is 0 Å². The number of nitrogens with zero attached hydrogens (tertiary/aromatic N) is 4. The summed E-state index contributed by atoms with van der Waals surface area (Å²) in [5.74, 6) is -0.627. The molecule has 1 heterocycles. The molecule has 0 aromatic carbocycles. The molecule has 7 nitrogen and oxygen atoms in total. The average Bonchev–Trinajstić information content (AvgIpc) is 2.53. The number of hydrogen-bond acceptors (Lipinski definition) is 5. The van der Waals surface area contributed by atoms with Crippen molar-refractivity contribution in [2.24, 2.45) is 5.73 Å². The van der Waals surface area contributed by atoms with E-state index in [1.807, 2.05) is 0 Å². The molecule has 0 saturated carbocycles. The molecule has 0 bridgehead atoms. The standard InChI is InChI=1S/C7H11N5O2/c1-2-3-12-6(9-10-11-12)4-5(8)7(13)14/h2,5H,1,3-4,8H2,(H,13,14). The number of carbonyl (C=O) groups is 1. The Hall–Kier alpha value is -1.76. The van der Waals surface area contributed by atoms with Gasteiger partial charge >= 0.3 is 5.97 Å². The Morgan fingerprint density at radius 2 is 2.50 bits per heavy atom. The maximum absolute atomic E-state index is 10.5. The molecule has 1 atom stereocenters. The van der Waals surface area contributed by atoms with Crippen LogP contribution < -0.4 is 5.73 Å². The van der Waals surface area contributed by atoms with Gasteiger partial charge in [-0.25, -0.2) is 4.68 Å². The predicted octanol–water partition coefficient (Wildman–Crippen LogP) is -1.19. The molecule has 0 aliphatic carbocycles. The normalized spacial score (nSPS) is 12.4. The Labute approximate surface area is 80.2 Å². The van der Waals surface area contributed by atoms with Crippen LogP contribution in [0.1, 0.15) is 5.82 Å². The number of tetrazole rings is 1. The van der Waals surface area contributed by atoms with Crippen molar-refractivity contribution in [2.75, 3.05) is 0 Å². The van der Waals surface area contributed by atoms with E-state index in [1.54, 1.807) is 6.08 Å². The summed E-state index contributed by atoms with van der Waals surface area (Å²) < 4.78 is 1.45. The monoisotopic (exact) mass is 197 g/mol. The van der Waals surface area contributed by atoms with Crippen molar-refractivity contribution >= 4 is 5.97 Å². The number of aromatic nitrogens is 4. The highest BCUT2D eigenvalue weighted by atomic mass is 16.4. The molecule has 1 unspecified atom stereocenters. The van der Waals surface area contributed by atoms with Crippen LogP contribution in [0.4, 0.5) is 0 Å². The lowest BCUT2D eigenvalue weighted by Gasteiger charge is -2.04. The van der Waals surface area contributed by atoms with E-state index in [0.717, 1.165) is 0 Å². The van der Waals surface area contributed by atoms with E-state index in [2.05, 4.69) is 22.1 Å². The molecule has 0 fully saturated rings. The number of hydrogen-bond donors (Lipinski definition) is 2. The van der Waals surface area contributed by atoms with Crippen molar-refractivity contribution in [3.8, 4) is 0 Å². The number of allylic oxidation sites excluding steroid dienone is 1. The molecular weight excluding hydrogens is 186 g/mol. The first-order chi connectivity index (χ1) is 6.65. The minimum absolute atomic E-state index is 0.107. The average molecular weight is 197 g/mol. The second-order valence-electron chi connectivity index (χ2n) is 2.71. The summed E-state index contributed by atoms with van der Waals surface area (Å²) >= 11 is 0. The van der Waals surface area contributed by atoms with Crippen LogP contribution in [0.2, 0.25) is 0 Å². The van der Waals surface area contributed by atoms with Crippen molar-refractivity contribution in [2.45, 2.75) is 19.0 Å². The summed E-state index contributed by atoms with van der Waals surface area (Å²) in [6, 6.07) is -0.982. The third kappa shape index (κ3) is 2.36. The highest BCUT2D eigenvalue weighted by Crippen LogP contribution is 1.97. The molecule has 14 heavy (non-hydrogen) atoms. The highest BCUT2D eigenvalue weighted by Gasteiger charge is 2.16. The fourth-order valence-electron chi connectivity index (χ4n) is 0.918. The van der Waals surface area contributed by atoms with Gasteiger partial charge in [0.15, 0.2) is 5.82 Å². The Morgan fingerprint density at radius 1 is 1.79 bits per heavy atom. The molecule has 1 aromatic heterocycles. The van der Waals surface area contributed by atoms with Gasteiger partial charge in [-0.2, -0.15) is 0 Å². The van der Waals surface area contributed by atoms with Crippen LogP contribution in [-0.4, -0.2) is 37.3 Å². The fourth-order valence-corrected chi connectivity index (χ4v) is 0.918. The number of carboxylic acids is 1. The third-order valence-electron chi connectivity index (χ3n) is 1.63. The van der Waals surface area contributed by atoms with Gasteiger partial charge in [0.2, 0.25) is 0 Å². The van der Waals surface area contributed by atoms with Gasteiger partial charge in [-0.1, -0.05) is 6.08 Å². The van der Waals surface area contributed by atoms with Gasteiger partial charge < -0.3 is 10.8 Å². The third-order valence-corrected chi connectivity index (χ3v) is 1.63. The van der Waals surface area contributed by atoms with E-state index in [1.165, 1.54) is 4.68 Å². The molecule has 0 amide bonds. The lowest BCUT2D eigenvalue weighted by molar-refractivity contribution is -0.138. The summed E-state index contributed by atoms with van der Waals surface area (Å²) in [6.07, 6.45) is 1.72. The van der Waals surface area contributed by atoms with Crippen LogP contribution in [0.25, 0.3) is 0 Å². The molecule has 3 N–H and O–H groups in total. The molecule has 0 saturated heterocycles. The van der Waals surface area contributed by atoms with Crippen molar-refractivity contribution in [1.29, 1.82) is 0 Å². The first-order valence-electron chi connectivity index (χ1n) is 3.99. The number of rotatable bonds is 5. The van der Waals surface area contributed by atoms with E-state index in [9.17, 15) is 4.79 Å². The van der Waals surface area contributed by atoms with Gasteiger partial charge in [-0.3, -0.25) is 4.79 Å². The minimum Gasteiger partial charge on any atom is -0.480 e. The SMILES string of the molecule is C=CCn1nnnc1CC(N)C(=O)O. The van der Waals surface area contributed by atoms with Gasteiger partial charge in [0.05, 0.1) is 6.54 Å². The van der Waals surface area contributed by atoms with E-state index in [-0.39, 0.29) is 6.42 Å². The Balaban J connectivity index is 2.70. The summed E-state index contributed by atoms with van der Waals surface area (Å²) in [7, 11) is 0. The zero-order chi connectivity index (χ0) is 10.6. The number of nitrogens with two attached hydrogens (primary N) is 1. The van der Waals surface area contributed by atoms with Gasteiger partial charge in [-0.05, 0) is 10.4 Å². The molecule has 76 valence electrons. The fraction of sp³-hybridized carbons (Fsp3) is 0.429. The van der Waals surface area contributed by atoms with E-state index in [4.69, 9.17) is 10.8 Å². The van der Waals surface area contributed by atoms with Crippen LogP contribution in [0.15, 0.2) is 12.7 Å².